The molecule has 1 aliphatic heterocycles. The van der Waals surface area contributed by atoms with Gasteiger partial charge in [-0.1, -0.05) is 24.3 Å². The summed E-state index contributed by atoms with van der Waals surface area (Å²) in [4.78, 5) is 4.85. The molecular formula is C27H24Br2N2. The molecule has 2 nitrogen and oxygen atoms in total. The fraction of sp³-hybridized carbons (Fsp3) is 0.185. The largest absolute Gasteiger partial charge is 0.321 e. The highest BCUT2D eigenvalue weighted by atomic mass is 79.9. The fourth-order valence-electron chi connectivity index (χ4n) is 4.40. The van der Waals surface area contributed by atoms with Crippen LogP contribution in [0.5, 0.6) is 0 Å². The summed E-state index contributed by atoms with van der Waals surface area (Å²) in [6, 6.07) is 22.2. The SMILES string of the molecule is Cc1cc(Br)c(N2CN(c3cc(C)c(C)cc3Br)c3cccc4cccc2c34)cc1C. The summed E-state index contributed by atoms with van der Waals surface area (Å²) in [7, 11) is 0. The Kier molecular flexibility index (Phi) is 5.10. The first-order chi connectivity index (χ1) is 14.8. The van der Waals surface area contributed by atoms with Crippen LogP contribution in [0.3, 0.4) is 0 Å². The van der Waals surface area contributed by atoms with Crippen molar-refractivity contribution in [3.8, 4) is 0 Å². The predicted molar refractivity (Wildman–Crippen MR) is 140 cm³/mol. The quantitative estimate of drug-likeness (QED) is 0.253. The molecule has 0 aromatic heterocycles. The molecule has 156 valence electrons. The Morgan fingerprint density at radius 1 is 0.581 bits per heavy atom. The summed E-state index contributed by atoms with van der Waals surface area (Å²) in [5.41, 5.74) is 10.0. The zero-order chi connectivity index (χ0) is 21.9. The summed E-state index contributed by atoms with van der Waals surface area (Å²) in [6.07, 6.45) is 0. The molecule has 31 heavy (non-hydrogen) atoms. The Bertz CT molecular complexity index is 1240. The van der Waals surface area contributed by atoms with Crippen LogP contribution in [0, 0.1) is 27.7 Å². The molecule has 0 atom stereocenters. The number of hydrogen-bond acceptors (Lipinski definition) is 2. The van der Waals surface area contributed by atoms with Gasteiger partial charge in [-0.3, -0.25) is 0 Å². The van der Waals surface area contributed by atoms with Crippen molar-refractivity contribution in [3.05, 3.63) is 91.9 Å². The molecule has 1 aliphatic rings. The van der Waals surface area contributed by atoms with Gasteiger partial charge in [0.15, 0.2) is 0 Å². The van der Waals surface area contributed by atoms with Crippen LogP contribution < -0.4 is 9.80 Å². The van der Waals surface area contributed by atoms with E-state index in [1.54, 1.807) is 0 Å². The number of hydrogen-bond donors (Lipinski definition) is 0. The third kappa shape index (κ3) is 3.37. The highest BCUT2D eigenvalue weighted by Crippen LogP contribution is 2.48. The molecule has 1 heterocycles. The van der Waals surface area contributed by atoms with Crippen molar-refractivity contribution in [2.75, 3.05) is 16.5 Å². The van der Waals surface area contributed by atoms with Gasteiger partial charge in [0.1, 0.15) is 6.67 Å². The summed E-state index contributed by atoms with van der Waals surface area (Å²) in [5, 5.41) is 2.54. The van der Waals surface area contributed by atoms with E-state index in [2.05, 4.69) is 130 Å². The molecule has 0 radical (unpaired) electrons. The Hall–Kier alpha value is -2.30. The van der Waals surface area contributed by atoms with Crippen molar-refractivity contribution in [2.45, 2.75) is 27.7 Å². The number of benzene rings is 4. The lowest BCUT2D eigenvalue weighted by molar-refractivity contribution is 0.911. The van der Waals surface area contributed by atoms with Crippen LogP contribution in [0.15, 0.2) is 69.6 Å². The van der Waals surface area contributed by atoms with E-state index in [1.807, 2.05) is 0 Å². The van der Waals surface area contributed by atoms with E-state index < -0.39 is 0 Å². The third-order valence-electron chi connectivity index (χ3n) is 6.43. The minimum absolute atomic E-state index is 0.734. The highest BCUT2D eigenvalue weighted by molar-refractivity contribution is 9.11. The Morgan fingerprint density at radius 3 is 1.45 bits per heavy atom. The van der Waals surface area contributed by atoms with Crippen LogP contribution in [0.2, 0.25) is 0 Å². The maximum absolute atomic E-state index is 3.85. The van der Waals surface area contributed by atoms with Crippen molar-refractivity contribution >= 4 is 65.4 Å². The van der Waals surface area contributed by atoms with Crippen molar-refractivity contribution in [3.63, 3.8) is 0 Å². The first-order valence-electron chi connectivity index (χ1n) is 10.5. The third-order valence-corrected chi connectivity index (χ3v) is 7.70. The molecule has 0 spiro atoms. The van der Waals surface area contributed by atoms with Crippen LogP contribution in [0.4, 0.5) is 22.7 Å². The minimum atomic E-state index is 0.734. The Balaban J connectivity index is 1.80. The number of rotatable bonds is 2. The average molecular weight is 536 g/mol. The smallest absolute Gasteiger partial charge is 0.100 e. The number of halogens is 2. The Labute approximate surface area is 200 Å². The normalized spacial score (nSPS) is 13.2. The van der Waals surface area contributed by atoms with Gasteiger partial charge in [0, 0.05) is 14.3 Å². The van der Waals surface area contributed by atoms with E-state index in [-0.39, 0.29) is 0 Å². The minimum Gasteiger partial charge on any atom is -0.321 e. The van der Waals surface area contributed by atoms with E-state index in [0.717, 1.165) is 15.6 Å². The zero-order valence-corrected chi connectivity index (χ0v) is 21.3. The van der Waals surface area contributed by atoms with Crippen LogP contribution in [-0.2, 0) is 0 Å². The summed E-state index contributed by atoms with van der Waals surface area (Å²) >= 11 is 7.69. The molecule has 5 rings (SSSR count). The average Bonchev–Trinajstić information content (AvgIpc) is 2.74. The van der Waals surface area contributed by atoms with Crippen molar-refractivity contribution in [1.82, 2.24) is 0 Å². The molecule has 0 amide bonds. The van der Waals surface area contributed by atoms with Gasteiger partial charge in [0.2, 0.25) is 0 Å². The summed E-state index contributed by atoms with van der Waals surface area (Å²) in [6.45, 7) is 9.42. The Morgan fingerprint density at radius 2 is 1.00 bits per heavy atom. The van der Waals surface area contributed by atoms with E-state index in [1.165, 1.54) is 55.8 Å². The topological polar surface area (TPSA) is 6.48 Å². The zero-order valence-electron chi connectivity index (χ0n) is 18.1. The number of nitrogens with zero attached hydrogens (tertiary/aromatic N) is 2. The summed E-state index contributed by atoms with van der Waals surface area (Å²) in [5.74, 6) is 0. The number of anilines is 4. The monoisotopic (exact) mass is 534 g/mol. The van der Waals surface area contributed by atoms with E-state index >= 15 is 0 Å². The summed E-state index contributed by atoms with van der Waals surface area (Å²) < 4.78 is 2.23. The molecule has 4 heteroatoms. The van der Waals surface area contributed by atoms with Gasteiger partial charge in [-0.15, -0.1) is 0 Å². The number of aryl methyl sites for hydroxylation is 4. The van der Waals surface area contributed by atoms with Crippen LogP contribution in [0.1, 0.15) is 22.3 Å². The molecule has 4 aromatic carbocycles. The van der Waals surface area contributed by atoms with E-state index in [9.17, 15) is 0 Å². The molecule has 0 N–H and O–H groups in total. The van der Waals surface area contributed by atoms with Gasteiger partial charge in [-0.05, 0) is 124 Å². The molecular weight excluding hydrogens is 512 g/mol. The second-order valence-corrected chi connectivity index (χ2v) is 10.1. The lowest BCUT2D eigenvalue weighted by Gasteiger charge is -2.40. The maximum Gasteiger partial charge on any atom is 0.100 e. The first kappa shape index (κ1) is 20.6. The lowest BCUT2D eigenvalue weighted by atomic mass is 10.0. The fourth-order valence-corrected chi connectivity index (χ4v) is 5.75. The van der Waals surface area contributed by atoms with Gasteiger partial charge in [-0.25, -0.2) is 0 Å². The van der Waals surface area contributed by atoms with Crippen molar-refractivity contribution < 1.29 is 0 Å². The first-order valence-corrected chi connectivity index (χ1v) is 12.0. The molecule has 0 unspecified atom stereocenters. The van der Waals surface area contributed by atoms with Crippen LogP contribution in [-0.4, -0.2) is 6.67 Å². The molecule has 0 saturated carbocycles. The predicted octanol–water partition coefficient (Wildman–Crippen LogP) is 8.85. The molecule has 0 bridgehead atoms. The van der Waals surface area contributed by atoms with Gasteiger partial charge in [0.05, 0.1) is 22.7 Å². The van der Waals surface area contributed by atoms with Gasteiger partial charge in [0.25, 0.3) is 0 Å². The van der Waals surface area contributed by atoms with Crippen molar-refractivity contribution in [1.29, 1.82) is 0 Å². The van der Waals surface area contributed by atoms with Gasteiger partial charge in [-0.2, -0.15) is 0 Å². The standard InChI is InChI=1S/C27H24Br2N2/c1-16-11-21(28)25(13-18(16)3)30-15-31(26-14-19(4)17(2)12-22(26)29)24-10-6-8-20-7-5-9-23(30)27(20)24/h5-14H,15H2,1-4H3. The molecule has 0 aliphatic carbocycles. The van der Waals surface area contributed by atoms with Crippen molar-refractivity contribution in [2.24, 2.45) is 0 Å². The van der Waals surface area contributed by atoms with Crippen LogP contribution >= 0.6 is 31.9 Å². The van der Waals surface area contributed by atoms with E-state index in [0.29, 0.717) is 0 Å². The van der Waals surface area contributed by atoms with Gasteiger partial charge < -0.3 is 9.80 Å². The second-order valence-electron chi connectivity index (χ2n) is 8.43. The molecule has 0 fully saturated rings. The molecule has 0 saturated heterocycles. The molecule has 4 aromatic rings. The van der Waals surface area contributed by atoms with Gasteiger partial charge >= 0.3 is 0 Å². The van der Waals surface area contributed by atoms with E-state index in [4.69, 9.17) is 0 Å². The highest BCUT2D eigenvalue weighted by Gasteiger charge is 2.28. The lowest BCUT2D eigenvalue weighted by Crippen LogP contribution is -2.36. The maximum atomic E-state index is 3.85. The van der Waals surface area contributed by atoms with Crippen LogP contribution in [0.25, 0.3) is 10.8 Å². The second kappa shape index (κ2) is 7.68.